The zero-order chi connectivity index (χ0) is 25.1. The van der Waals surface area contributed by atoms with E-state index in [1.165, 1.54) is 24.3 Å². The summed E-state index contributed by atoms with van der Waals surface area (Å²) in [4.78, 5) is 26.4. The summed E-state index contributed by atoms with van der Waals surface area (Å²) in [6.07, 6.45) is 5.19. The average Bonchev–Trinajstić information content (AvgIpc) is 3.29. The lowest BCUT2D eigenvalue weighted by Gasteiger charge is -2.17. The Hall–Kier alpha value is -4.33. The normalized spacial score (nSPS) is 13.0. The van der Waals surface area contributed by atoms with Crippen molar-refractivity contribution in [3.05, 3.63) is 90.8 Å². The van der Waals surface area contributed by atoms with Crippen molar-refractivity contribution in [3.63, 3.8) is 0 Å². The van der Waals surface area contributed by atoms with Gasteiger partial charge in [0.2, 0.25) is 5.91 Å². The molecule has 6 nitrogen and oxygen atoms in total. The highest BCUT2D eigenvalue weighted by Crippen LogP contribution is 2.32. The number of carbonyl (C=O) groups excluding carboxylic acids is 1. The van der Waals surface area contributed by atoms with Crippen LogP contribution in [0.25, 0.3) is 33.5 Å². The first-order valence-corrected chi connectivity index (χ1v) is 11.7. The van der Waals surface area contributed by atoms with Gasteiger partial charge in [0.25, 0.3) is 0 Å². The Morgan fingerprint density at radius 2 is 1.47 bits per heavy atom. The van der Waals surface area contributed by atoms with E-state index < -0.39 is 0 Å². The van der Waals surface area contributed by atoms with Crippen LogP contribution in [0.1, 0.15) is 12.8 Å². The number of hydrogen-bond donors (Lipinski definition) is 1. The molecule has 0 saturated heterocycles. The summed E-state index contributed by atoms with van der Waals surface area (Å²) in [5.41, 5.74) is 4.32. The van der Waals surface area contributed by atoms with Crippen molar-refractivity contribution in [1.82, 2.24) is 19.8 Å². The SMILES string of the molecule is CN1C=CN(CCCC(=O)Nc2ccc3nc(-c4ccc(F)cc4)c(-c4ccc(F)cc4)nc3c2)C1. The number of benzene rings is 3. The van der Waals surface area contributed by atoms with Crippen molar-refractivity contribution < 1.29 is 13.6 Å². The molecule has 1 aliphatic rings. The van der Waals surface area contributed by atoms with Gasteiger partial charge in [-0.25, -0.2) is 18.7 Å². The van der Waals surface area contributed by atoms with Gasteiger partial charge in [0, 0.05) is 49.2 Å². The lowest BCUT2D eigenvalue weighted by Crippen LogP contribution is -2.24. The quantitative estimate of drug-likeness (QED) is 0.367. The summed E-state index contributed by atoms with van der Waals surface area (Å²) < 4.78 is 27.1. The van der Waals surface area contributed by atoms with Gasteiger partial charge in [-0.2, -0.15) is 0 Å². The Labute approximate surface area is 207 Å². The number of nitrogens with one attached hydrogen (secondary N) is 1. The van der Waals surface area contributed by atoms with Crippen molar-refractivity contribution in [1.29, 1.82) is 0 Å². The number of anilines is 1. The predicted octanol–water partition coefficient (Wildman–Crippen LogP) is 5.64. The molecule has 0 bridgehead atoms. The molecule has 5 rings (SSSR count). The van der Waals surface area contributed by atoms with Crippen molar-refractivity contribution in [2.24, 2.45) is 0 Å². The second kappa shape index (κ2) is 10.1. The van der Waals surface area contributed by atoms with Crippen LogP contribution in [-0.4, -0.2) is 45.9 Å². The zero-order valence-corrected chi connectivity index (χ0v) is 19.8. The molecule has 0 atom stereocenters. The van der Waals surface area contributed by atoms with Crippen LogP contribution < -0.4 is 5.32 Å². The number of carbonyl (C=O) groups is 1. The average molecular weight is 486 g/mol. The third kappa shape index (κ3) is 5.33. The lowest BCUT2D eigenvalue weighted by atomic mass is 10.0. The van der Waals surface area contributed by atoms with E-state index in [4.69, 9.17) is 9.97 Å². The topological polar surface area (TPSA) is 61.4 Å². The second-order valence-electron chi connectivity index (χ2n) is 8.80. The van der Waals surface area contributed by atoms with Crippen LogP contribution in [0, 0.1) is 11.6 Å². The van der Waals surface area contributed by atoms with E-state index in [1.54, 1.807) is 42.5 Å². The minimum Gasteiger partial charge on any atom is -0.362 e. The third-order valence-corrected chi connectivity index (χ3v) is 5.97. The summed E-state index contributed by atoms with van der Waals surface area (Å²) in [5, 5.41) is 2.94. The molecule has 0 aliphatic carbocycles. The van der Waals surface area contributed by atoms with Gasteiger partial charge in [-0.3, -0.25) is 4.79 Å². The molecule has 0 fully saturated rings. The van der Waals surface area contributed by atoms with E-state index in [2.05, 4.69) is 15.1 Å². The molecule has 0 unspecified atom stereocenters. The smallest absolute Gasteiger partial charge is 0.224 e. The first kappa shape index (κ1) is 23.4. The molecule has 0 saturated carbocycles. The van der Waals surface area contributed by atoms with Gasteiger partial charge in [-0.1, -0.05) is 0 Å². The molecule has 1 aliphatic heterocycles. The fourth-order valence-corrected chi connectivity index (χ4v) is 4.15. The van der Waals surface area contributed by atoms with Crippen LogP contribution in [0.5, 0.6) is 0 Å². The molecule has 4 aromatic rings. The first-order valence-electron chi connectivity index (χ1n) is 11.7. The van der Waals surface area contributed by atoms with Gasteiger partial charge >= 0.3 is 0 Å². The molecular formula is C28H25F2N5O. The van der Waals surface area contributed by atoms with Gasteiger partial charge in [-0.05, 0) is 73.2 Å². The number of nitrogens with zero attached hydrogens (tertiary/aromatic N) is 4. The Balaban J connectivity index is 1.39. The maximum absolute atomic E-state index is 13.6. The second-order valence-corrected chi connectivity index (χ2v) is 8.80. The fourth-order valence-electron chi connectivity index (χ4n) is 4.15. The Bertz CT molecular complexity index is 1420. The van der Waals surface area contributed by atoms with Crippen LogP contribution >= 0.6 is 0 Å². The highest BCUT2D eigenvalue weighted by molar-refractivity contribution is 5.94. The molecule has 0 radical (unpaired) electrons. The van der Waals surface area contributed by atoms with Crippen LogP contribution in [0.4, 0.5) is 14.5 Å². The largest absolute Gasteiger partial charge is 0.362 e. The van der Waals surface area contributed by atoms with Crippen LogP contribution in [0.3, 0.4) is 0 Å². The van der Waals surface area contributed by atoms with Crippen LogP contribution in [0.15, 0.2) is 79.1 Å². The maximum atomic E-state index is 13.6. The standard InChI is InChI=1S/C28H25F2N5O/c1-34-15-16-35(18-34)14-2-3-26(36)31-23-12-13-24-25(17-23)33-28(20-6-10-22(30)11-7-20)27(32-24)19-4-8-21(29)9-5-19/h4-13,15-17H,2-3,14,18H2,1H3,(H,31,36). The summed E-state index contributed by atoms with van der Waals surface area (Å²) in [6, 6.07) is 17.4. The van der Waals surface area contributed by atoms with Crippen LogP contribution in [-0.2, 0) is 4.79 Å². The van der Waals surface area contributed by atoms with E-state index in [9.17, 15) is 13.6 Å². The minimum absolute atomic E-state index is 0.0690. The first-order chi connectivity index (χ1) is 17.4. The van der Waals surface area contributed by atoms with Gasteiger partial charge < -0.3 is 15.1 Å². The lowest BCUT2D eigenvalue weighted by molar-refractivity contribution is -0.116. The minimum atomic E-state index is -0.353. The fraction of sp³-hybridized carbons (Fsp3) is 0.179. The Kier molecular flexibility index (Phi) is 6.58. The summed E-state index contributed by atoms with van der Waals surface area (Å²) in [6.45, 7) is 1.64. The van der Waals surface area contributed by atoms with Gasteiger partial charge in [0.05, 0.1) is 29.1 Å². The van der Waals surface area contributed by atoms with Crippen LogP contribution in [0.2, 0.25) is 0 Å². The van der Waals surface area contributed by atoms with Gasteiger partial charge in [0.15, 0.2) is 0 Å². The zero-order valence-electron chi connectivity index (χ0n) is 19.8. The summed E-state index contributed by atoms with van der Waals surface area (Å²) >= 11 is 0. The molecule has 8 heteroatoms. The number of halogens is 2. The number of fused-ring (bicyclic) bond motifs is 1. The van der Waals surface area contributed by atoms with E-state index in [0.717, 1.165) is 19.6 Å². The van der Waals surface area contributed by atoms with E-state index in [-0.39, 0.29) is 17.5 Å². The molecule has 3 aromatic carbocycles. The molecular weight excluding hydrogens is 460 g/mol. The van der Waals surface area contributed by atoms with Crippen molar-refractivity contribution >= 4 is 22.6 Å². The number of amides is 1. The number of rotatable bonds is 7. The maximum Gasteiger partial charge on any atom is 0.224 e. The van der Waals surface area contributed by atoms with Crippen molar-refractivity contribution in [2.45, 2.75) is 12.8 Å². The molecule has 1 aromatic heterocycles. The molecule has 1 N–H and O–H groups in total. The van der Waals surface area contributed by atoms with Gasteiger partial charge in [-0.15, -0.1) is 0 Å². The molecule has 0 spiro atoms. The molecule has 182 valence electrons. The third-order valence-electron chi connectivity index (χ3n) is 5.97. The molecule has 2 heterocycles. The Morgan fingerprint density at radius 1 is 0.861 bits per heavy atom. The molecule has 1 amide bonds. The highest BCUT2D eigenvalue weighted by Gasteiger charge is 2.15. The number of hydrogen-bond acceptors (Lipinski definition) is 5. The molecule has 36 heavy (non-hydrogen) atoms. The highest BCUT2D eigenvalue weighted by atomic mass is 19.1. The van der Waals surface area contributed by atoms with E-state index >= 15 is 0 Å². The predicted molar refractivity (Wildman–Crippen MR) is 137 cm³/mol. The van der Waals surface area contributed by atoms with Crippen molar-refractivity contribution in [2.75, 3.05) is 25.6 Å². The summed E-state index contributed by atoms with van der Waals surface area (Å²) in [5.74, 6) is -0.769. The van der Waals surface area contributed by atoms with Gasteiger partial charge in [0.1, 0.15) is 11.6 Å². The monoisotopic (exact) mass is 485 g/mol. The summed E-state index contributed by atoms with van der Waals surface area (Å²) in [7, 11) is 2.01. The van der Waals surface area contributed by atoms with E-state index in [1.807, 2.05) is 19.4 Å². The number of aromatic nitrogens is 2. The van der Waals surface area contributed by atoms with E-state index in [0.29, 0.717) is 45.7 Å². The Morgan fingerprint density at radius 3 is 2.06 bits per heavy atom. The van der Waals surface area contributed by atoms with Crippen molar-refractivity contribution in [3.8, 4) is 22.5 Å².